The van der Waals surface area contributed by atoms with E-state index in [0.717, 1.165) is 24.3 Å². The maximum atomic E-state index is 13.1. The van der Waals surface area contributed by atoms with E-state index in [1.165, 1.54) is 6.92 Å². The molecule has 13 heteroatoms. The molecule has 1 unspecified atom stereocenters. The van der Waals surface area contributed by atoms with Crippen LogP contribution in [0.25, 0.3) is 0 Å². The summed E-state index contributed by atoms with van der Waals surface area (Å²) in [5, 5.41) is 12.7. The quantitative estimate of drug-likeness (QED) is 0.597. The fourth-order valence-electron chi connectivity index (χ4n) is 4.37. The van der Waals surface area contributed by atoms with E-state index in [0.29, 0.717) is 31.7 Å². The SMILES string of the molecule is CC(=O)N1CCN(c2nc(NC(C(=O)O)c3ccc(C(F)(F)F)cc3)c3c(n2)C(=O)N(C(C)C)C3)CC1. The number of hydrogen-bond donors (Lipinski definition) is 2. The predicted molar refractivity (Wildman–Crippen MR) is 127 cm³/mol. The van der Waals surface area contributed by atoms with Gasteiger partial charge in [-0.2, -0.15) is 18.2 Å². The summed E-state index contributed by atoms with van der Waals surface area (Å²) in [7, 11) is 0. The number of benzene rings is 1. The number of nitrogens with one attached hydrogen (secondary N) is 1. The molecule has 198 valence electrons. The third-order valence-electron chi connectivity index (χ3n) is 6.52. The van der Waals surface area contributed by atoms with E-state index in [-0.39, 0.29) is 47.4 Å². The molecule has 0 saturated carbocycles. The van der Waals surface area contributed by atoms with Gasteiger partial charge in [0.25, 0.3) is 5.91 Å². The van der Waals surface area contributed by atoms with Crippen molar-refractivity contribution in [3.63, 3.8) is 0 Å². The standard InChI is InChI=1S/C24H27F3N6O4/c1-13(2)33-12-17-19(21(33)35)29-23(32-10-8-31(9-11-32)14(3)34)30-20(17)28-18(22(36)37)15-4-6-16(7-5-15)24(25,26)27/h4-7,13,18H,8-12H2,1-3H3,(H,36,37)(H,28,29,30). The fraction of sp³-hybridized carbons (Fsp3) is 0.458. The van der Waals surface area contributed by atoms with Gasteiger partial charge in [-0.25, -0.2) is 9.78 Å². The summed E-state index contributed by atoms with van der Waals surface area (Å²) in [5.41, 5.74) is -0.238. The third-order valence-corrected chi connectivity index (χ3v) is 6.52. The summed E-state index contributed by atoms with van der Waals surface area (Å²) in [6, 6.07) is 2.27. The molecular formula is C24H27F3N6O4. The zero-order valence-electron chi connectivity index (χ0n) is 20.5. The van der Waals surface area contributed by atoms with E-state index in [9.17, 15) is 32.7 Å². The summed E-state index contributed by atoms with van der Waals surface area (Å²) in [4.78, 5) is 51.1. The van der Waals surface area contributed by atoms with Crippen LogP contribution in [0.4, 0.5) is 24.9 Å². The number of aromatic nitrogens is 2. The van der Waals surface area contributed by atoms with Crippen LogP contribution >= 0.6 is 0 Å². The smallest absolute Gasteiger partial charge is 0.416 e. The number of piperazine rings is 1. The molecule has 2 N–H and O–H groups in total. The molecule has 10 nitrogen and oxygen atoms in total. The first-order chi connectivity index (χ1) is 17.4. The van der Waals surface area contributed by atoms with E-state index < -0.39 is 23.8 Å². The number of halogens is 3. The molecule has 1 aromatic heterocycles. The Balaban J connectivity index is 1.70. The van der Waals surface area contributed by atoms with E-state index >= 15 is 0 Å². The molecule has 37 heavy (non-hydrogen) atoms. The van der Waals surface area contributed by atoms with Gasteiger partial charge in [0.15, 0.2) is 6.04 Å². The second kappa shape index (κ2) is 9.87. The molecule has 0 spiro atoms. The van der Waals surface area contributed by atoms with Gasteiger partial charge < -0.3 is 25.1 Å². The molecule has 0 aliphatic carbocycles. The van der Waals surface area contributed by atoms with Gasteiger partial charge in [0.2, 0.25) is 11.9 Å². The van der Waals surface area contributed by atoms with E-state index in [1.807, 2.05) is 18.7 Å². The summed E-state index contributed by atoms with van der Waals surface area (Å²) in [5.74, 6) is -1.37. The van der Waals surface area contributed by atoms with Crippen LogP contribution in [-0.2, 0) is 22.3 Å². The van der Waals surface area contributed by atoms with Crippen molar-refractivity contribution < 1.29 is 32.7 Å². The Morgan fingerprint density at radius 2 is 1.68 bits per heavy atom. The first-order valence-corrected chi connectivity index (χ1v) is 11.8. The van der Waals surface area contributed by atoms with Crippen LogP contribution in [-0.4, -0.2) is 74.9 Å². The number of amides is 2. The second-order valence-electron chi connectivity index (χ2n) is 9.25. The lowest BCUT2D eigenvalue weighted by Gasteiger charge is -2.34. The Hall–Kier alpha value is -3.90. The average molecular weight is 521 g/mol. The molecule has 1 aromatic carbocycles. The van der Waals surface area contributed by atoms with Crippen molar-refractivity contribution in [3.8, 4) is 0 Å². The van der Waals surface area contributed by atoms with Crippen molar-refractivity contribution in [2.45, 2.75) is 45.6 Å². The normalized spacial score (nSPS) is 16.7. The molecular weight excluding hydrogens is 493 g/mol. The van der Waals surface area contributed by atoms with Crippen molar-refractivity contribution in [2.75, 3.05) is 36.4 Å². The molecule has 4 rings (SSSR count). The van der Waals surface area contributed by atoms with Crippen LogP contribution in [0.3, 0.4) is 0 Å². The highest BCUT2D eigenvalue weighted by atomic mass is 19.4. The van der Waals surface area contributed by atoms with Crippen LogP contribution in [0.5, 0.6) is 0 Å². The number of carboxylic acids is 1. The van der Waals surface area contributed by atoms with Gasteiger partial charge in [0.05, 0.1) is 12.1 Å². The Morgan fingerprint density at radius 1 is 1.05 bits per heavy atom. The summed E-state index contributed by atoms with van der Waals surface area (Å²) in [6.07, 6.45) is -4.56. The molecule has 1 fully saturated rings. The molecule has 1 atom stereocenters. The third kappa shape index (κ3) is 5.30. The van der Waals surface area contributed by atoms with Crippen LogP contribution in [0.2, 0.25) is 0 Å². The zero-order chi connectivity index (χ0) is 27.1. The van der Waals surface area contributed by atoms with Gasteiger partial charge in [-0.15, -0.1) is 0 Å². The minimum Gasteiger partial charge on any atom is -0.479 e. The maximum Gasteiger partial charge on any atom is 0.416 e. The molecule has 0 radical (unpaired) electrons. The molecule has 2 aliphatic rings. The van der Waals surface area contributed by atoms with Gasteiger partial charge in [-0.1, -0.05) is 12.1 Å². The molecule has 2 amide bonds. The number of aliphatic carboxylic acids is 1. The average Bonchev–Trinajstić information content (AvgIpc) is 3.18. The highest BCUT2D eigenvalue weighted by Crippen LogP contribution is 2.34. The topological polar surface area (TPSA) is 119 Å². The predicted octanol–water partition coefficient (Wildman–Crippen LogP) is 2.77. The maximum absolute atomic E-state index is 13.1. The largest absolute Gasteiger partial charge is 0.479 e. The molecule has 0 bridgehead atoms. The fourth-order valence-corrected chi connectivity index (χ4v) is 4.37. The van der Waals surface area contributed by atoms with Crippen molar-refractivity contribution in [3.05, 3.63) is 46.6 Å². The molecule has 1 saturated heterocycles. The molecule has 3 heterocycles. The first-order valence-electron chi connectivity index (χ1n) is 11.8. The van der Waals surface area contributed by atoms with Crippen molar-refractivity contribution >= 4 is 29.5 Å². The highest BCUT2D eigenvalue weighted by Gasteiger charge is 2.37. The number of carbonyl (C=O) groups is 3. The summed E-state index contributed by atoms with van der Waals surface area (Å²) >= 11 is 0. The number of hydrogen-bond acceptors (Lipinski definition) is 7. The molecule has 2 aliphatic heterocycles. The van der Waals surface area contributed by atoms with Crippen molar-refractivity contribution in [2.24, 2.45) is 0 Å². The Kier molecular flexibility index (Phi) is 6.98. The number of carboxylic acid groups (broad SMARTS) is 1. The Morgan fingerprint density at radius 3 is 2.19 bits per heavy atom. The van der Waals surface area contributed by atoms with Crippen LogP contribution in [0.15, 0.2) is 24.3 Å². The highest BCUT2D eigenvalue weighted by molar-refractivity contribution is 5.98. The summed E-state index contributed by atoms with van der Waals surface area (Å²) < 4.78 is 39.0. The van der Waals surface area contributed by atoms with Crippen LogP contribution in [0, 0.1) is 0 Å². The lowest BCUT2D eigenvalue weighted by molar-refractivity contribution is -0.138. The van der Waals surface area contributed by atoms with Gasteiger partial charge >= 0.3 is 12.1 Å². The van der Waals surface area contributed by atoms with Gasteiger partial charge in [0.1, 0.15) is 11.5 Å². The van der Waals surface area contributed by atoms with E-state index in [4.69, 9.17) is 0 Å². The molecule has 2 aromatic rings. The lowest BCUT2D eigenvalue weighted by Crippen LogP contribution is -2.48. The van der Waals surface area contributed by atoms with Crippen LogP contribution < -0.4 is 10.2 Å². The number of fused-ring (bicyclic) bond motifs is 1. The van der Waals surface area contributed by atoms with Gasteiger partial charge in [-0.05, 0) is 31.5 Å². The zero-order valence-corrected chi connectivity index (χ0v) is 20.5. The van der Waals surface area contributed by atoms with Crippen molar-refractivity contribution in [1.29, 1.82) is 0 Å². The number of nitrogens with zero attached hydrogens (tertiary/aromatic N) is 5. The number of carbonyl (C=O) groups excluding carboxylic acids is 2. The summed E-state index contributed by atoms with van der Waals surface area (Å²) in [6.45, 7) is 7.04. The number of anilines is 2. The second-order valence-corrected chi connectivity index (χ2v) is 9.25. The number of alkyl halides is 3. The minimum atomic E-state index is -4.56. The monoisotopic (exact) mass is 520 g/mol. The van der Waals surface area contributed by atoms with Crippen molar-refractivity contribution in [1.82, 2.24) is 19.8 Å². The number of rotatable bonds is 6. The Bertz CT molecular complexity index is 1210. The Labute approximate surface area is 211 Å². The van der Waals surface area contributed by atoms with Crippen LogP contribution in [0.1, 0.15) is 54.0 Å². The minimum absolute atomic E-state index is 0.0551. The van der Waals surface area contributed by atoms with Gasteiger partial charge in [0, 0.05) is 44.7 Å². The van der Waals surface area contributed by atoms with E-state index in [2.05, 4.69) is 15.3 Å². The van der Waals surface area contributed by atoms with Gasteiger partial charge in [-0.3, -0.25) is 9.59 Å². The lowest BCUT2D eigenvalue weighted by atomic mass is 10.0. The first kappa shape index (κ1) is 26.2. The van der Waals surface area contributed by atoms with E-state index in [1.54, 1.807) is 9.80 Å².